The number of fused-ring (bicyclic) bond motifs is 1. The zero-order valence-electron chi connectivity index (χ0n) is 15.8. The molecule has 6 nitrogen and oxygen atoms in total. The highest BCUT2D eigenvalue weighted by molar-refractivity contribution is 5.79. The van der Waals surface area contributed by atoms with E-state index in [-0.39, 0.29) is 0 Å². The number of benzene rings is 1. The van der Waals surface area contributed by atoms with Crippen molar-refractivity contribution in [2.45, 2.75) is 39.7 Å². The summed E-state index contributed by atoms with van der Waals surface area (Å²) in [6, 6.07) is 6.51. The summed E-state index contributed by atoms with van der Waals surface area (Å²) in [6.07, 6.45) is 6.93. The Bertz CT molecular complexity index is 738. The molecule has 6 heteroatoms. The van der Waals surface area contributed by atoms with E-state index in [1.807, 2.05) is 10.9 Å². The van der Waals surface area contributed by atoms with Crippen molar-refractivity contribution in [1.29, 1.82) is 0 Å². The van der Waals surface area contributed by atoms with Crippen molar-refractivity contribution in [2.24, 2.45) is 4.99 Å². The zero-order chi connectivity index (χ0) is 18.2. The third-order valence-corrected chi connectivity index (χ3v) is 4.38. The zero-order valence-corrected chi connectivity index (χ0v) is 15.8. The highest BCUT2D eigenvalue weighted by Gasteiger charge is 2.11. The number of aryl methyl sites for hydroxylation is 2. The van der Waals surface area contributed by atoms with Gasteiger partial charge in [-0.15, -0.1) is 0 Å². The number of nitrogens with one attached hydrogen (secondary N) is 2. The average Bonchev–Trinajstić information content (AvgIpc) is 3.27. The van der Waals surface area contributed by atoms with Gasteiger partial charge in [0.25, 0.3) is 0 Å². The smallest absolute Gasteiger partial charge is 0.191 e. The van der Waals surface area contributed by atoms with Crippen LogP contribution in [0.4, 0.5) is 0 Å². The molecule has 0 unspecified atom stereocenters. The van der Waals surface area contributed by atoms with Crippen molar-refractivity contribution >= 4 is 5.96 Å². The Kier molecular flexibility index (Phi) is 6.52. The van der Waals surface area contributed by atoms with Crippen LogP contribution >= 0.6 is 0 Å². The first-order valence-corrected chi connectivity index (χ1v) is 9.50. The molecule has 1 aromatic heterocycles. The van der Waals surface area contributed by atoms with Gasteiger partial charge < -0.3 is 15.4 Å². The van der Waals surface area contributed by atoms with E-state index in [0.717, 1.165) is 63.8 Å². The molecule has 0 aliphatic carbocycles. The fourth-order valence-corrected chi connectivity index (χ4v) is 3.08. The van der Waals surface area contributed by atoms with E-state index in [2.05, 4.69) is 59.0 Å². The minimum Gasteiger partial charge on any atom is -0.493 e. The number of hydrogen-bond acceptors (Lipinski definition) is 3. The van der Waals surface area contributed by atoms with Gasteiger partial charge in [0.1, 0.15) is 5.75 Å². The Morgan fingerprint density at radius 3 is 3.08 bits per heavy atom. The molecule has 2 N–H and O–H groups in total. The topological polar surface area (TPSA) is 63.5 Å². The van der Waals surface area contributed by atoms with E-state index < -0.39 is 0 Å². The summed E-state index contributed by atoms with van der Waals surface area (Å²) in [5, 5.41) is 11.0. The SMILES string of the molecule is CCNC(=NCCCn1cc(C)cn1)NCCc1ccc2c(c1)CCO2. The van der Waals surface area contributed by atoms with E-state index in [0.29, 0.717) is 0 Å². The van der Waals surface area contributed by atoms with E-state index in [4.69, 9.17) is 4.74 Å². The van der Waals surface area contributed by atoms with E-state index in [9.17, 15) is 0 Å². The summed E-state index contributed by atoms with van der Waals surface area (Å²) >= 11 is 0. The average molecular weight is 355 g/mol. The third kappa shape index (κ3) is 5.25. The van der Waals surface area contributed by atoms with Crippen LogP contribution in [0, 0.1) is 6.92 Å². The van der Waals surface area contributed by atoms with Gasteiger partial charge >= 0.3 is 0 Å². The summed E-state index contributed by atoms with van der Waals surface area (Å²) in [7, 11) is 0. The Morgan fingerprint density at radius 2 is 2.27 bits per heavy atom. The first-order chi connectivity index (χ1) is 12.7. The molecule has 26 heavy (non-hydrogen) atoms. The second-order valence-electron chi connectivity index (χ2n) is 6.61. The molecule has 0 atom stereocenters. The van der Waals surface area contributed by atoms with Crippen molar-refractivity contribution in [3.05, 3.63) is 47.3 Å². The predicted octanol–water partition coefficient (Wildman–Crippen LogP) is 2.31. The predicted molar refractivity (Wildman–Crippen MR) is 105 cm³/mol. The molecule has 3 rings (SSSR count). The van der Waals surface area contributed by atoms with Gasteiger partial charge in [0.2, 0.25) is 0 Å². The van der Waals surface area contributed by atoms with Crippen LogP contribution in [0.5, 0.6) is 5.75 Å². The molecule has 1 aliphatic heterocycles. The molecular formula is C20H29N5O. The maximum atomic E-state index is 5.57. The van der Waals surface area contributed by atoms with Crippen LogP contribution in [-0.2, 0) is 19.4 Å². The fourth-order valence-electron chi connectivity index (χ4n) is 3.08. The monoisotopic (exact) mass is 355 g/mol. The Balaban J connectivity index is 1.42. The van der Waals surface area contributed by atoms with Gasteiger partial charge in [-0.1, -0.05) is 12.1 Å². The van der Waals surface area contributed by atoms with Gasteiger partial charge in [-0.3, -0.25) is 9.67 Å². The molecule has 0 radical (unpaired) electrons. The summed E-state index contributed by atoms with van der Waals surface area (Å²) in [5.41, 5.74) is 3.87. The lowest BCUT2D eigenvalue weighted by atomic mass is 10.1. The molecule has 0 saturated carbocycles. The first-order valence-electron chi connectivity index (χ1n) is 9.50. The van der Waals surface area contributed by atoms with Crippen LogP contribution in [-0.4, -0.2) is 42.0 Å². The standard InChI is InChI=1S/C20H29N5O/c1-3-21-20(22-9-4-11-25-15-16(2)14-24-25)23-10-7-17-5-6-19-18(13-17)8-12-26-19/h5-6,13-15H,3-4,7-12H2,1-2H3,(H2,21,22,23). The van der Waals surface area contributed by atoms with E-state index in [1.54, 1.807) is 0 Å². The number of ether oxygens (including phenoxy) is 1. The lowest BCUT2D eigenvalue weighted by molar-refractivity contribution is 0.357. The van der Waals surface area contributed by atoms with Gasteiger partial charge in [0, 0.05) is 38.8 Å². The second-order valence-corrected chi connectivity index (χ2v) is 6.61. The molecule has 0 spiro atoms. The quantitative estimate of drug-likeness (QED) is 0.433. The lowest BCUT2D eigenvalue weighted by Gasteiger charge is -2.11. The fraction of sp³-hybridized carbons (Fsp3) is 0.500. The van der Waals surface area contributed by atoms with E-state index in [1.165, 1.54) is 16.7 Å². The van der Waals surface area contributed by atoms with Crippen LogP contribution in [0.3, 0.4) is 0 Å². The van der Waals surface area contributed by atoms with Gasteiger partial charge in [0.15, 0.2) is 5.96 Å². The molecule has 140 valence electrons. The third-order valence-electron chi connectivity index (χ3n) is 4.38. The Hall–Kier alpha value is -2.50. The number of aliphatic imine (C=N–C) groups is 1. The summed E-state index contributed by atoms with van der Waals surface area (Å²) in [6.45, 7) is 8.36. The molecule has 0 amide bonds. The molecule has 0 fully saturated rings. The molecule has 1 aromatic carbocycles. The number of nitrogens with zero attached hydrogens (tertiary/aromatic N) is 3. The molecule has 0 saturated heterocycles. The number of aromatic nitrogens is 2. The van der Waals surface area contributed by atoms with Crippen LogP contribution in [0.1, 0.15) is 30.0 Å². The van der Waals surface area contributed by atoms with Crippen LogP contribution < -0.4 is 15.4 Å². The van der Waals surface area contributed by atoms with Crippen LogP contribution in [0.25, 0.3) is 0 Å². The lowest BCUT2D eigenvalue weighted by Crippen LogP contribution is -2.38. The number of hydrogen-bond donors (Lipinski definition) is 2. The minimum absolute atomic E-state index is 0.782. The largest absolute Gasteiger partial charge is 0.493 e. The normalized spacial score (nSPS) is 13.4. The maximum absolute atomic E-state index is 5.57. The van der Waals surface area contributed by atoms with Crippen molar-refractivity contribution in [3.63, 3.8) is 0 Å². The molecule has 1 aliphatic rings. The summed E-state index contributed by atoms with van der Waals surface area (Å²) in [4.78, 5) is 4.66. The van der Waals surface area contributed by atoms with Gasteiger partial charge in [-0.2, -0.15) is 5.10 Å². The molecule has 2 heterocycles. The molecule has 0 bridgehead atoms. The Morgan fingerprint density at radius 1 is 1.35 bits per heavy atom. The molecule has 2 aromatic rings. The highest BCUT2D eigenvalue weighted by atomic mass is 16.5. The van der Waals surface area contributed by atoms with Gasteiger partial charge in [-0.05, 0) is 49.4 Å². The second kappa shape index (κ2) is 9.27. The molecular weight excluding hydrogens is 326 g/mol. The number of rotatable bonds is 8. The first kappa shape index (κ1) is 18.3. The van der Waals surface area contributed by atoms with Gasteiger partial charge in [0.05, 0.1) is 12.8 Å². The van der Waals surface area contributed by atoms with Crippen molar-refractivity contribution < 1.29 is 4.74 Å². The van der Waals surface area contributed by atoms with E-state index >= 15 is 0 Å². The minimum atomic E-state index is 0.782. The number of guanidine groups is 1. The van der Waals surface area contributed by atoms with Crippen molar-refractivity contribution in [1.82, 2.24) is 20.4 Å². The highest BCUT2D eigenvalue weighted by Crippen LogP contribution is 2.25. The van der Waals surface area contributed by atoms with Gasteiger partial charge in [-0.25, -0.2) is 0 Å². The van der Waals surface area contributed by atoms with Crippen LogP contribution in [0.2, 0.25) is 0 Å². The van der Waals surface area contributed by atoms with Crippen molar-refractivity contribution in [2.75, 3.05) is 26.2 Å². The summed E-state index contributed by atoms with van der Waals surface area (Å²) < 4.78 is 7.54. The maximum Gasteiger partial charge on any atom is 0.191 e. The van der Waals surface area contributed by atoms with Crippen LogP contribution in [0.15, 0.2) is 35.6 Å². The summed E-state index contributed by atoms with van der Waals surface area (Å²) in [5.74, 6) is 1.93. The van der Waals surface area contributed by atoms with Crippen molar-refractivity contribution in [3.8, 4) is 5.75 Å². The Labute approximate surface area is 155 Å².